The zero-order chi connectivity index (χ0) is 23.0. The number of quaternary nitrogens is 1. The molecule has 0 aromatic heterocycles. The Balaban J connectivity index is 3.86. The van der Waals surface area contributed by atoms with Crippen molar-refractivity contribution in [3.8, 4) is 0 Å². The van der Waals surface area contributed by atoms with E-state index in [2.05, 4.69) is 20.8 Å². The van der Waals surface area contributed by atoms with Gasteiger partial charge in [-0.1, -0.05) is 39.0 Å². The number of nitrogens with zero attached hydrogens (tertiary/aromatic N) is 1. The van der Waals surface area contributed by atoms with Gasteiger partial charge in [-0.05, 0) is 39.5 Å². The lowest BCUT2D eigenvalue weighted by molar-refractivity contribution is -0.873. The van der Waals surface area contributed by atoms with Crippen molar-refractivity contribution in [2.24, 2.45) is 0 Å². The zero-order valence-corrected chi connectivity index (χ0v) is 21.1. The highest BCUT2D eigenvalue weighted by Crippen LogP contribution is 2.36. The first kappa shape index (κ1) is 29.7. The Labute approximate surface area is 185 Å². The van der Waals surface area contributed by atoms with E-state index in [9.17, 15) is 9.69 Å². The Kier molecular flexibility index (Phi) is 16.2. The van der Waals surface area contributed by atoms with Gasteiger partial charge in [0, 0.05) is 6.61 Å². The fourth-order valence-corrected chi connectivity index (χ4v) is 3.94. The number of carboxylic acids is 1. The summed E-state index contributed by atoms with van der Waals surface area (Å²) in [5.41, 5.74) is -0.0688. The molecule has 0 saturated heterocycles. The number of carboxylic acid groups (broad SMARTS) is 1. The third-order valence-electron chi connectivity index (χ3n) is 4.76. The van der Waals surface area contributed by atoms with Crippen molar-refractivity contribution < 1.29 is 33.1 Å². The molecule has 8 heteroatoms. The van der Waals surface area contributed by atoms with E-state index < -0.39 is 20.7 Å². The number of aliphatic carboxylic acids is 1. The van der Waals surface area contributed by atoms with Crippen LogP contribution in [0, 0.1) is 0 Å². The molecule has 1 unspecified atom stereocenters. The Morgan fingerprint density at radius 3 is 2.20 bits per heavy atom. The van der Waals surface area contributed by atoms with Gasteiger partial charge in [0.05, 0.1) is 39.8 Å². The minimum Gasteiger partial charge on any atom is -0.481 e. The van der Waals surface area contributed by atoms with Gasteiger partial charge in [0.25, 0.3) is 0 Å². The average Bonchev–Trinajstić information content (AvgIpc) is 2.58. The molecule has 0 aliphatic rings. The second-order valence-corrected chi connectivity index (χ2v) is 10.6. The van der Waals surface area contributed by atoms with E-state index in [-0.39, 0.29) is 12.0 Å². The van der Waals surface area contributed by atoms with Crippen molar-refractivity contribution in [1.82, 2.24) is 0 Å². The van der Waals surface area contributed by atoms with Crippen LogP contribution in [-0.4, -0.2) is 73.1 Å². The molecule has 0 aliphatic carbocycles. The van der Waals surface area contributed by atoms with Crippen LogP contribution < -0.4 is 0 Å². The molecule has 30 heavy (non-hydrogen) atoms. The van der Waals surface area contributed by atoms with Gasteiger partial charge in [-0.15, -0.1) is 0 Å². The van der Waals surface area contributed by atoms with Crippen LogP contribution >= 0.6 is 8.60 Å². The summed E-state index contributed by atoms with van der Waals surface area (Å²) < 4.78 is 17.4. The van der Waals surface area contributed by atoms with Crippen LogP contribution in [0.3, 0.4) is 0 Å². The molecule has 0 aromatic carbocycles. The van der Waals surface area contributed by atoms with Crippen molar-refractivity contribution in [3.05, 3.63) is 0 Å². The molecule has 0 fully saturated rings. The lowest BCUT2D eigenvalue weighted by Gasteiger charge is -2.29. The molecule has 180 valence electrons. The van der Waals surface area contributed by atoms with Gasteiger partial charge in [-0.3, -0.25) is 4.79 Å². The quantitative estimate of drug-likeness (QED) is 0.152. The number of ether oxygens (including phenoxy) is 1. The first-order valence-corrected chi connectivity index (χ1v) is 12.5. The predicted octanol–water partition coefficient (Wildman–Crippen LogP) is 5.11. The molecular weight excluding hydrogens is 405 g/mol. The number of hydrogen-bond donors (Lipinski definition) is 2. The highest BCUT2D eigenvalue weighted by molar-refractivity contribution is 7.40. The number of likely N-dealkylation sites (N-methyl/N-ethyl adjacent to an activating group) is 1. The topological polar surface area (TPSA) is 85.2 Å². The van der Waals surface area contributed by atoms with Gasteiger partial charge in [-0.25, -0.2) is 0 Å². The molecule has 2 atom stereocenters. The molecule has 0 bridgehead atoms. The molecule has 7 nitrogen and oxygen atoms in total. The normalized spacial score (nSPS) is 14.6. The Morgan fingerprint density at radius 1 is 1.00 bits per heavy atom. The predicted molar refractivity (Wildman–Crippen MR) is 122 cm³/mol. The maximum absolute atomic E-state index is 11.0. The number of rotatable bonds is 20. The van der Waals surface area contributed by atoms with Crippen LogP contribution in [0.15, 0.2) is 0 Å². The van der Waals surface area contributed by atoms with Crippen LogP contribution in [0.25, 0.3) is 0 Å². The van der Waals surface area contributed by atoms with Crippen molar-refractivity contribution in [2.75, 3.05) is 40.9 Å². The highest BCUT2D eigenvalue weighted by atomic mass is 31.2. The monoisotopic (exact) mass is 452 g/mol. The van der Waals surface area contributed by atoms with E-state index in [0.717, 1.165) is 32.3 Å². The summed E-state index contributed by atoms with van der Waals surface area (Å²) in [6, 6.07) is 0. The number of unbranched alkanes of at least 4 members (excludes halogenated alkanes) is 6. The molecule has 0 saturated carbocycles. The third-order valence-corrected chi connectivity index (χ3v) is 5.64. The van der Waals surface area contributed by atoms with E-state index in [1.54, 1.807) is 0 Å². The minimum atomic E-state index is -2.06. The number of carbonyl (C=O) groups is 1. The number of hydrogen-bond acceptors (Lipinski definition) is 5. The van der Waals surface area contributed by atoms with Crippen LogP contribution in [0.2, 0.25) is 0 Å². The van der Waals surface area contributed by atoms with E-state index in [0.29, 0.717) is 17.6 Å². The van der Waals surface area contributed by atoms with Crippen LogP contribution in [0.5, 0.6) is 0 Å². The largest absolute Gasteiger partial charge is 0.481 e. The molecule has 0 aliphatic heterocycles. The van der Waals surface area contributed by atoms with Gasteiger partial charge in [0.1, 0.15) is 12.6 Å². The second-order valence-electron chi connectivity index (χ2n) is 9.70. The van der Waals surface area contributed by atoms with Crippen LogP contribution in [0.1, 0.15) is 85.0 Å². The van der Waals surface area contributed by atoms with E-state index >= 15 is 0 Å². The first-order valence-electron chi connectivity index (χ1n) is 11.4. The molecule has 0 rings (SSSR count). The lowest BCUT2D eigenvalue weighted by Crippen LogP contribution is -2.42. The van der Waals surface area contributed by atoms with E-state index in [4.69, 9.17) is 18.9 Å². The molecule has 0 aromatic rings. The van der Waals surface area contributed by atoms with Crippen LogP contribution in [0.4, 0.5) is 0 Å². The van der Waals surface area contributed by atoms with E-state index in [1.807, 2.05) is 21.1 Å². The third kappa shape index (κ3) is 19.7. The highest BCUT2D eigenvalue weighted by Gasteiger charge is 2.25. The fraction of sp³-hybridized carbons (Fsp3) is 0.955. The minimum absolute atomic E-state index is 0.0688. The summed E-state index contributed by atoms with van der Waals surface area (Å²) in [6.45, 7) is 8.17. The molecular formula is C22H47NO6P+. The van der Waals surface area contributed by atoms with Gasteiger partial charge in [0.2, 0.25) is 0 Å². The van der Waals surface area contributed by atoms with Crippen molar-refractivity contribution >= 4 is 14.6 Å². The molecule has 0 heterocycles. The van der Waals surface area contributed by atoms with Crippen molar-refractivity contribution in [2.45, 2.75) is 96.7 Å². The van der Waals surface area contributed by atoms with Gasteiger partial charge < -0.3 is 28.3 Å². The van der Waals surface area contributed by atoms with Gasteiger partial charge >= 0.3 is 14.6 Å². The first-order chi connectivity index (χ1) is 13.9. The summed E-state index contributed by atoms with van der Waals surface area (Å²) in [6.07, 6.45) is 9.50. The summed E-state index contributed by atoms with van der Waals surface area (Å²) in [4.78, 5) is 21.0. The van der Waals surface area contributed by atoms with Crippen molar-refractivity contribution in [3.63, 3.8) is 0 Å². The molecule has 2 N–H and O–H groups in total. The fourth-order valence-electron chi connectivity index (χ4n) is 3.20. The Bertz CT molecular complexity index is 442. The summed E-state index contributed by atoms with van der Waals surface area (Å²) in [5.74, 6) is -0.944. The maximum atomic E-state index is 11.0. The maximum Gasteiger partial charge on any atom is 0.330 e. The molecule has 0 spiro atoms. The smallest absolute Gasteiger partial charge is 0.330 e. The summed E-state index contributed by atoms with van der Waals surface area (Å²) >= 11 is 0. The Morgan fingerprint density at radius 2 is 1.60 bits per heavy atom. The standard InChI is InChI=1S/C22H46NO6P/c1-7-8-9-10-12-15-22(2,3)27-16-13-11-14-17-28-30(26)29-20(18-21(24)25)19-23(4,5)6/h20,26H,7-19H2,1-6H3/p+1/t20?,30-/m1/s1. The molecule has 0 amide bonds. The summed E-state index contributed by atoms with van der Waals surface area (Å²) in [5, 5.41) is 9.02. The zero-order valence-electron chi connectivity index (χ0n) is 20.2. The van der Waals surface area contributed by atoms with E-state index in [1.165, 1.54) is 32.1 Å². The molecule has 0 radical (unpaired) electrons. The van der Waals surface area contributed by atoms with Crippen LogP contribution in [-0.2, 0) is 18.6 Å². The van der Waals surface area contributed by atoms with Crippen molar-refractivity contribution in [1.29, 1.82) is 0 Å². The van der Waals surface area contributed by atoms with Gasteiger partial charge in [-0.2, -0.15) is 0 Å². The SMILES string of the molecule is CCCCCCCC(C)(C)OCCCCCO[P@@](O)OC(CC(=O)O)C[N+](C)(C)C. The lowest BCUT2D eigenvalue weighted by atomic mass is 9.99. The second kappa shape index (κ2) is 16.3. The average molecular weight is 453 g/mol. The summed E-state index contributed by atoms with van der Waals surface area (Å²) in [7, 11) is 3.80. The van der Waals surface area contributed by atoms with Gasteiger partial charge in [0.15, 0.2) is 0 Å². The Hall–Kier alpha value is -0.300.